The molecule has 2 aromatic rings. The number of aromatic carboxylic acids is 1. The molecular formula is C28H32ClNO4. The number of hydrogen-bond donors (Lipinski definition) is 2. The Balaban J connectivity index is 1.52. The average molecular weight is 482 g/mol. The van der Waals surface area contributed by atoms with Crippen molar-refractivity contribution in [3.8, 4) is 5.75 Å². The summed E-state index contributed by atoms with van der Waals surface area (Å²) in [5.41, 5.74) is 3.47. The maximum atomic E-state index is 11.8. The molecule has 1 heterocycles. The second-order valence-electron chi connectivity index (χ2n) is 10.2. The molecule has 5 nitrogen and oxygen atoms in total. The highest BCUT2D eigenvalue weighted by Gasteiger charge is 2.44. The van der Waals surface area contributed by atoms with E-state index in [1.54, 1.807) is 24.3 Å². The van der Waals surface area contributed by atoms with Crippen LogP contribution in [0.4, 0.5) is 5.69 Å². The maximum Gasteiger partial charge on any atom is 0.335 e. The molecule has 4 atom stereocenters. The molecule has 0 aromatic heterocycles. The number of benzene rings is 2. The normalized spacial score (nSPS) is 26.5. The summed E-state index contributed by atoms with van der Waals surface area (Å²) in [6.45, 7) is 5.84. The van der Waals surface area contributed by atoms with Gasteiger partial charge in [0.2, 0.25) is 0 Å². The van der Waals surface area contributed by atoms with E-state index >= 15 is 0 Å². The van der Waals surface area contributed by atoms with E-state index in [2.05, 4.69) is 23.6 Å². The van der Waals surface area contributed by atoms with Crippen LogP contribution in [0.3, 0.4) is 0 Å². The number of anilines is 1. The van der Waals surface area contributed by atoms with E-state index in [1.807, 2.05) is 6.07 Å². The van der Waals surface area contributed by atoms with Crippen molar-refractivity contribution in [1.29, 1.82) is 0 Å². The number of fused-ring (bicyclic) bond motifs is 3. The van der Waals surface area contributed by atoms with Crippen molar-refractivity contribution >= 4 is 23.3 Å². The summed E-state index contributed by atoms with van der Waals surface area (Å²) in [5, 5.41) is 21.0. The van der Waals surface area contributed by atoms with Crippen molar-refractivity contribution in [2.45, 2.75) is 50.0 Å². The summed E-state index contributed by atoms with van der Waals surface area (Å²) >= 11 is 6.32. The van der Waals surface area contributed by atoms with Crippen LogP contribution in [0.5, 0.6) is 5.75 Å². The topological polar surface area (TPSA) is 70.0 Å². The van der Waals surface area contributed by atoms with Gasteiger partial charge in [0.1, 0.15) is 5.75 Å². The first-order valence-electron chi connectivity index (χ1n) is 12.2. The number of aliphatic hydroxyl groups excluding tert-OH is 1. The molecule has 2 aliphatic carbocycles. The van der Waals surface area contributed by atoms with Crippen LogP contribution in [0.25, 0.3) is 0 Å². The van der Waals surface area contributed by atoms with Gasteiger partial charge in [0.15, 0.2) is 0 Å². The number of carboxylic acids is 1. The van der Waals surface area contributed by atoms with Gasteiger partial charge < -0.3 is 19.8 Å². The highest BCUT2D eigenvalue weighted by atomic mass is 35.5. The summed E-state index contributed by atoms with van der Waals surface area (Å²) in [6.07, 6.45) is 7.15. The molecule has 6 heteroatoms. The fraction of sp³-hybridized carbons (Fsp3) is 0.464. The SMILES string of the molecule is C=CC[C@@H](O)C1CCC1CN1C[C@@]2(CCCc3cc(Cl)ccc32)COc2ccc(C(=O)O)cc21. The zero-order valence-corrected chi connectivity index (χ0v) is 20.1. The van der Waals surface area contributed by atoms with Crippen molar-refractivity contribution in [2.24, 2.45) is 11.8 Å². The van der Waals surface area contributed by atoms with Gasteiger partial charge >= 0.3 is 5.97 Å². The Labute approximate surface area is 206 Å². The summed E-state index contributed by atoms with van der Waals surface area (Å²) in [6, 6.07) is 11.3. The zero-order chi connectivity index (χ0) is 23.9. The predicted molar refractivity (Wildman–Crippen MR) is 134 cm³/mol. The Kier molecular flexibility index (Phi) is 6.34. The van der Waals surface area contributed by atoms with Crippen LogP contribution in [-0.2, 0) is 11.8 Å². The molecule has 180 valence electrons. The van der Waals surface area contributed by atoms with Crippen LogP contribution >= 0.6 is 11.6 Å². The van der Waals surface area contributed by atoms with Crippen molar-refractivity contribution in [2.75, 3.05) is 24.6 Å². The number of rotatable bonds is 6. The molecule has 0 bridgehead atoms. The minimum atomic E-state index is -0.942. The molecule has 34 heavy (non-hydrogen) atoms. The Bertz CT molecular complexity index is 1100. The summed E-state index contributed by atoms with van der Waals surface area (Å²) in [5.74, 6) is 0.370. The molecule has 0 radical (unpaired) electrons. The number of aliphatic hydroxyl groups is 1. The van der Waals surface area contributed by atoms with E-state index in [1.165, 1.54) is 11.1 Å². The molecule has 5 rings (SSSR count). The third-order valence-corrected chi connectivity index (χ3v) is 8.35. The lowest BCUT2D eigenvalue weighted by Gasteiger charge is -2.45. The number of aryl methyl sites for hydroxylation is 1. The van der Waals surface area contributed by atoms with Crippen LogP contribution in [0.2, 0.25) is 5.02 Å². The van der Waals surface area contributed by atoms with Gasteiger partial charge in [-0.25, -0.2) is 4.79 Å². The number of carboxylic acid groups (broad SMARTS) is 1. The van der Waals surface area contributed by atoms with E-state index in [0.29, 0.717) is 18.9 Å². The quantitative estimate of drug-likeness (QED) is 0.535. The number of nitrogens with zero attached hydrogens (tertiary/aromatic N) is 1. The van der Waals surface area contributed by atoms with Gasteiger partial charge in [-0.3, -0.25) is 0 Å². The van der Waals surface area contributed by atoms with E-state index < -0.39 is 5.97 Å². The lowest BCUT2D eigenvalue weighted by molar-refractivity contribution is 0.0178. The third-order valence-electron chi connectivity index (χ3n) is 8.12. The van der Waals surface area contributed by atoms with Crippen molar-refractivity contribution in [1.82, 2.24) is 0 Å². The number of hydrogen-bond acceptors (Lipinski definition) is 4. The highest BCUT2D eigenvalue weighted by Crippen LogP contribution is 2.46. The predicted octanol–water partition coefficient (Wildman–Crippen LogP) is 5.47. The Hall–Kier alpha value is -2.50. The molecule has 1 aliphatic heterocycles. The second-order valence-corrected chi connectivity index (χ2v) is 10.6. The third kappa shape index (κ3) is 4.20. The number of ether oxygens (including phenoxy) is 1. The van der Waals surface area contributed by atoms with Crippen molar-refractivity contribution in [3.05, 3.63) is 70.8 Å². The first kappa shape index (κ1) is 23.3. The lowest BCUT2D eigenvalue weighted by Crippen LogP contribution is -2.49. The molecule has 3 aliphatic rings. The molecule has 1 spiro atoms. The van der Waals surface area contributed by atoms with Gasteiger partial charge in [0.05, 0.1) is 24.0 Å². The minimum absolute atomic E-state index is 0.195. The average Bonchev–Trinajstić information content (AvgIpc) is 2.94. The van der Waals surface area contributed by atoms with E-state index in [0.717, 1.165) is 61.7 Å². The molecule has 1 saturated carbocycles. The van der Waals surface area contributed by atoms with Gasteiger partial charge in [-0.1, -0.05) is 23.7 Å². The smallest absolute Gasteiger partial charge is 0.335 e. The van der Waals surface area contributed by atoms with E-state index in [4.69, 9.17) is 16.3 Å². The van der Waals surface area contributed by atoms with Gasteiger partial charge in [-0.2, -0.15) is 0 Å². The van der Waals surface area contributed by atoms with E-state index in [9.17, 15) is 15.0 Å². The Morgan fingerprint density at radius 2 is 2.15 bits per heavy atom. The van der Waals surface area contributed by atoms with Crippen LogP contribution < -0.4 is 9.64 Å². The molecule has 2 unspecified atom stereocenters. The second kappa shape index (κ2) is 9.27. The molecular weight excluding hydrogens is 450 g/mol. The molecule has 2 aromatic carbocycles. The lowest BCUT2D eigenvalue weighted by atomic mass is 9.68. The standard InChI is InChI=1S/C28H32ClNO4/c1-2-4-25(31)22-9-6-20(22)15-30-16-28(12-3-5-18-13-21(29)8-10-23(18)28)17-34-26-11-7-19(27(32)33)14-24(26)30/h2,7-8,10-11,13-14,20,22,25,31H,1,3-6,9,12,15-17H2,(H,32,33)/t20?,22?,25-,28+/m1/s1. The molecule has 0 amide bonds. The molecule has 2 N–H and O–H groups in total. The summed E-state index contributed by atoms with van der Waals surface area (Å²) < 4.78 is 6.41. The van der Waals surface area contributed by atoms with Crippen LogP contribution in [0.15, 0.2) is 49.1 Å². The fourth-order valence-corrected chi connectivity index (χ4v) is 6.40. The number of carbonyl (C=O) groups is 1. The van der Waals surface area contributed by atoms with E-state index in [-0.39, 0.29) is 23.0 Å². The van der Waals surface area contributed by atoms with Crippen LogP contribution in [0, 0.1) is 11.8 Å². The first-order chi connectivity index (χ1) is 16.4. The largest absolute Gasteiger partial charge is 0.490 e. The van der Waals surface area contributed by atoms with Gasteiger partial charge in [0, 0.05) is 23.5 Å². The Morgan fingerprint density at radius 1 is 1.29 bits per heavy atom. The minimum Gasteiger partial charge on any atom is -0.490 e. The Morgan fingerprint density at radius 3 is 2.88 bits per heavy atom. The molecule has 1 fully saturated rings. The molecule has 0 saturated heterocycles. The first-order valence-corrected chi connectivity index (χ1v) is 12.6. The zero-order valence-electron chi connectivity index (χ0n) is 19.4. The van der Waals surface area contributed by atoms with Gasteiger partial charge in [-0.15, -0.1) is 6.58 Å². The van der Waals surface area contributed by atoms with Gasteiger partial charge in [-0.05, 0) is 91.8 Å². The summed E-state index contributed by atoms with van der Waals surface area (Å²) in [7, 11) is 0. The summed E-state index contributed by atoms with van der Waals surface area (Å²) in [4.78, 5) is 14.1. The maximum absolute atomic E-state index is 11.8. The van der Waals surface area contributed by atoms with Gasteiger partial charge in [0.25, 0.3) is 0 Å². The number of halogens is 1. The van der Waals surface area contributed by atoms with Crippen LogP contribution in [-0.4, -0.2) is 42.0 Å². The van der Waals surface area contributed by atoms with Crippen molar-refractivity contribution < 1.29 is 19.7 Å². The van der Waals surface area contributed by atoms with Crippen LogP contribution in [0.1, 0.15) is 53.6 Å². The fourth-order valence-electron chi connectivity index (χ4n) is 6.20. The highest BCUT2D eigenvalue weighted by molar-refractivity contribution is 6.30. The van der Waals surface area contributed by atoms with Crippen molar-refractivity contribution in [3.63, 3.8) is 0 Å². The monoisotopic (exact) mass is 481 g/mol.